The first kappa shape index (κ1) is 17.7. The van der Waals surface area contributed by atoms with Gasteiger partial charge in [-0.05, 0) is 61.0 Å². The second kappa shape index (κ2) is 8.30. The van der Waals surface area contributed by atoms with Gasteiger partial charge in [0.25, 0.3) is 0 Å². The van der Waals surface area contributed by atoms with Crippen molar-refractivity contribution in [2.75, 3.05) is 26.3 Å². The lowest BCUT2D eigenvalue weighted by molar-refractivity contribution is 0.00633. The standard InChI is InChI=1S/C22H28N2O2/c1-2-4-19(5-3-1)15-24-12-8-22(9-13-24)14-21(26-18-22)17-25-16-20-6-10-23-11-7-20/h1-7,10-11,21H,8-9,12-18H2/t21-/m0/s1. The summed E-state index contributed by atoms with van der Waals surface area (Å²) in [5.41, 5.74) is 2.95. The summed E-state index contributed by atoms with van der Waals surface area (Å²) in [6.45, 7) is 5.63. The van der Waals surface area contributed by atoms with Crippen LogP contribution in [-0.4, -0.2) is 42.3 Å². The molecular weight excluding hydrogens is 324 g/mol. The first-order chi connectivity index (χ1) is 12.8. The minimum absolute atomic E-state index is 0.248. The van der Waals surface area contributed by atoms with E-state index in [-0.39, 0.29) is 6.10 Å². The first-order valence-corrected chi connectivity index (χ1v) is 9.66. The van der Waals surface area contributed by atoms with E-state index in [9.17, 15) is 0 Å². The van der Waals surface area contributed by atoms with Crippen LogP contribution in [0, 0.1) is 5.41 Å². The molecule has 1 spiro atoms. The molecule has 0 unspecified atom stereocenters. The van der Waals surface area contributed by atoms with Crippen LogP contribution in [-0.2, 0) is 22.6 Å². The van der Waals surface area contributed by atoms with Gasteiger partial charge >= 0.3 is 0 Å². The molecule has 0 radical (unpaired) electrons. The Bertz CT molecular complexity index is 669. The van der Waals surface area contributed by atoms with Crippen LogP contribution in [0.5, 0.6) is 0 Å². The second-order valence-electron chi connectivity index (χ2n) is 7.77. The van der Waals surface area contributed by atoms with Crippen LogP contribution < -0.4 is 0 Å². The van der Waals surface area contributed by atoms with Crippen molar-refractivity contribution in [1.29, 1.82) is 0 Å². The Hall–Kier alpha value is -1.75. The molecule has 0 N–H and O–H groups in total. The monoisotopic (exact) mass is 352 g/mol. The van der Waals surface area contributed by atoms with Crippen LogP contribution >= 0.6 is 0 Å². The molecule has 1 aromatic heterocycles. The topological polar surface area (TPSA) is 34.6 Å². The molecule has 0 saturated carbocycles. The van der Waals surface area contributed by atoms with Crippen molar-refractivity contribution in [3.8, 4) is 0 Å². The molecule has 4 rings (SSSR count). The average Bonchev–Trinajstić information content (AvgIpc) is 3.08. The van der Waals surface area contributed by atoms with E-state index < -0.39 is 0 Å². The van der Waals surface area contributed by atoms with Crippen LogP contribution in [0.15, 0.2) is 54.9 Å². The Morgan fingerprint density at radius 1 is 1.04 bits per heavy atom. The fraction of sp³-hybridized carbons (Fsp3) is 0.500. The number of aromatic nitrogens is 1. The summed E-state index contributed by atoms with van der Waals surface area (Å²) in [6, 6.07) is 14.8. The molecule has 2 saturated heterocycles. The van der Waals surface area contributed by atoms with E-state index in [0.717, 1.165) is 19.6 Å². The number of likely N-dealkylation sites (tertiary alicyclic amines) is 1. The van der Waals surface area contributed by atoms with Crippen molar-refractivity contribution in [1.82, 2.24) is 9.88 Å². The normalized spacial score (nSPS) is 22.7. The maximum absolute atomic E-state index is 6.08. The summed E-state index contributed by atoms with van der Waals surface area (Å²) >= 11 is 0. The molecule has 0 amide bonds. The minimum atomic E-state index is 0.248. The van der Waals surface area contributed by atoms with Crippen LogP contribution in [0.1, 0.15) is 30.4 Å². The van der Waals surface area contributed by atoms with Crippen LogP contribution in [0.2, 0.25) is 0 Å². The Balaban J connectivity index is 1.20. The van der Waals surface area contributed by atoms with E-state index in [1.807, 2.05) is 24.5 Å². The molecule has 2 fully saturated rings. The summed E-state index contributed by atoms with van der Waals surface area (Å²) in [5.74, 6) is 0. The van der Waals surface area contributed by atoms with Gasteiger partial charge in [-0.25, -0.2) is 0 Å². The molecule has 2 aliphatic heterocycles. The van der Waals surface area contributed by atoms with Gasteiger partial charge in [0.15, 0.2) is 0 Å². The number of pyridine rings is 1. The zero-order chi connectivity index (χ0) is 17.7. The quantitative estimate of drug-likeness (QED) is 0.794. The van der Waals surface area contributed by atoms with E-state index in [1.54, 1.807) is 0 Å². The van der Waals surface area contributed by atoms with Crippen molar-refractivity contribution in [3.63, 3.8) is 0 Å². The molecule has 4 heteroatoms. The Morgan fingerprint density at radius 3 is 2.58 bits per heavy atom. The Kier molecular flexibility index (Phi) is 5.63. The lowest BCUT2D eigenvalue weighted by atomic mass is 9.76. The minimum Gasteiger partial charge on any atom is -0.375 e. The fourth-order valence-electron chi connectivity index (χ4n) is 4.17. The number of benzene rings is 1. The van der Waals surface area contributed by atoms with Crippen molar-refractivity contribution >= 4 is 0 Å². The number of ether oxygens (including phenoxy) is 2. The van der Waals surface area contributed by atoms with Gasteiger partial charge in [0, 0.05) is 18.9 Å². The Labute approximate surface area is 156 Å². The SMILES string of the molecule is c1ccc(CN2CCC3(CC2)CO[C@H](COCc2ccncc2)C3)cc1. The number of piperidine rings is 1. The molecular formula is C22H28N2O2. The maximum atomic E-state index is 6.08. The highest BCUT2D eigenvalue weighted by molar-refractivity contribution is 5.14. The van der Waals surface area contributed by atoms with E-state index in [2.05, 4.69) is 40.2 Å². The first-order valence-electron chi connectivity index (χ1n) is 9.66. The van der Waals surface area contributed by atoms with E-state index in [4.69, 9.17) is 9.47 Å². The number of nitrogens with zero attached hydrogens (tertiary/aromatic N) is 2. The van der Waals surface area contributed by atoms with Gasteiger partial charge in [-0.2, -0.15) is 0 Å². The smallest absolute Gasteiger partial charge is 0.0815 e. The lowest BCUT2D eigenvalue weighted by Crippen LogP contribution is -2.40. The molecule has 26 heavy (non-hydrogen) atoms. The van der Waals surface area contributed by atoms with Gasteiger partial charge < -0.3 is 9.47 Å². The maximum Gasteiger partial charge on any atom is 0.0815 e. The van der Waals surface area contributed by atoms with E-state index in [1.165, 1.54) is 37.1 Å². The van der Waals surface area contributed by atoms with Crippen molar-refractivity contribution in [2.24, 2.45) is 5.41 Å². The van der Waals surface area contributed by atoms with Gasteiger partial charge in [-0.3, -0.25) is 9.88 Å². The van der Waals surface area contributed by atoms with Crippen molar-refractivity contribution < 1.29 is 9.47 Å². The van der Waals surface area contributed by atoms with Crippen LogP contribution in [0.25, 0.3) is 0 Å². The largest absolute Gasteiger partial charge is 0.375 e. The predicted octanol–water partition coefficient (Wildman–Crippen LogP) is 3.67. The summed E-state index contributed by atoms with van der Waals surface area (Å²) < 4.78 is 12.0. The number of hydrogen-bond donors (Lipinski definition) is 0. The third kappa shape index (κ3) is 4.50. The molecule has 3 heterocycles. The molecule has 0 bridgehead atoms. The van der Waals surface area contributed by atoms with Crippen molar-refractivity contribution in [3.05, 3.63) is 66.0 Å². The zero-order valence-corrected chi connectivity index (χ0v) is 15.3. The average molecular weight is 352 g/mol. The summed E-state index contributed by atoms with van der Waals surface area (Å²) in [6.07, 6.45) is 7.48. The molecule has 1 aromatic carbocycles. The summed E-state index contributed by atoms with van der Waals surface area (Å²) in [5, 5.41) is 0. The van der Waals surface area contributed by atoms with Crippen LogP contribution in [0.4, 0.5) is 0 Å². The van der Waals surface area contributed by atoms with Gasteiger partial charge in [-0.15, -0.1) is 0 Å². The highest BCUT2D eigenvalue weighted by atomic mass is 16.5. The van der Waals surface area contributed by atoms with Gasteiger partial charge in [-0.1, -0.05) is 30.3 Å². The zero-order valence-electron chi connectivity index (χ0n) is 15.3. The lowest BCUT2D eigenvalue weighted by Gasteiger charge is -2.38. The predicted molar refractivity (Wildman–Crippen MR) is 102 cm³/mol. The van der Waals surface area contributed by atoms with Gasteiger partial charge in [0.2, 0.25) is 0 Å². The fourth-order valence-corrected chi connectivity index (χ4v) is 4.17. The highest BCUT2D eigenvalue weighted by Gasteiger charge is 2.42. The van der Waals surface area contributed by atoms with Crippen molar-refractivity contribution in [2.45, 2.75) is 38.5 Å². The number of rotatable bonds is 6. The molecule has 138 valence electrons. The third-order valence-corrected chi connectivity index (χ3v) is 5.77. The summed E-state index contributed by atoms with van der Waals surface area (Å²) in [4.78, 5) is 6.61. The molecule has 2 aliphatic rings. The van der Waals surface area contributed by atoms with E-state index in [0.29, 0.717) is 18.6 Å². The molecule has 1 atom stereocenters. The molecule has 0 aliphatic carbocycles. The van der Waals surface area contributed by atoms with Gasteiger partial charge in [0.05, 0.1) is 25.9 Å². The molecule has 2 aromatic rings. The summed E-state index contributed by atoms with van der Waals surface area (Å²) in [7, 11) is 0. The Morgan fingerprint density at radius 2 is 1.81 bits per heavy atom. The number of hydrogen-bond acceptors (Lipinski definition) is 4. The van der Waals surface area contributed by atoms with Crippen LogP contribution in [0.3, 0.4) is 0 Å². The highest BCUT2D eigenvalue weighted by Crippen LogP contribution is 2.42. The third-order valence-electron chi connectivity index (χ3n) is 5.77. The van der Waals surface area contributed by atoms with E-state index >= 15 is 0 Å². The van der Waals surface area contributed by atoms with Gasteiger partial charge in [0.1, 0.15) is 0 Å². The second-order valence-corrected chi connectivity index (χ2v) is 7.77. The molecule has 4 nitrogen and oxygen atoms in total.